The molecule has 7 heteroatoms. The first-order valence-electron chi connectivity index (χ1n) is 7.81. The van der Waals surface area contributed by atoms with Crippen molar-refractivity contribution in [3.05, 3.63) is 45.8 Å². The molecule has 3 rings (SSSR count). The van der Waals surface area contributed by atoms with Gasteiger partial charge in [0.2, 0.25) is 11.8 Å². The number of hydrogen-bond donors (Lipinski definition) is 1. The molecular weight excluding hydrogens is 326 g/mol. The van der Waals surface area contributed by atoms with Gasteiger partial charge in [0.1, 0.15) is 6.10 Å². The Labute approximate surface area is 144 Å². The average molecular weight is 345 g/mol. The number of primary amides is 1. The van der Waals surface area contributed by atoms with E-state index in [-0.39, 0.29) is 12.0 Å². The number of pyridine rings is 1. The normalized spacial score (nSPS) is 15.3. The van der Waals surface area contributed by atoms with E-state index >= 15 is 0 Å². The smallest absolute Gasteiger partial charge is 0.263 e. The molecule has 2 amide bonds. The maximum Gasteiger partial charge on any atom is 0.263 e. The first kappa shape index (κ1) is 16.4. The lowest BCUT2D eigenvalue weighted by atomic mass is 10.1. The van der Waals surface area contributed by atoms with Gasteiger partial charge < -0.3 is 15.4 Å². The highest BCUT2D eigenvalue weighted by Crippen LogP contribution is 2.22. The fourth-order valence-corrected chi connectivity index (χ4v) is 3.48. The second-order valence-corrected chi connectivity index (χ2v) is 7.06. The molecular formula is C17H19N3O3S. The lowest BCUT2D eigenvalue weighted by Crippen LogP contribution is -2.41. The van der Waals surface area contributed by atoms with Crippen molar-refractivity contribution >= 4 is 23.2 Å². The number of carbonyl (C=O) groups excluding carboxylic acids is 2. The largest absolute Gasteiger partial charge is 0.474 e. The highest BCUT2D eigenvalue weighted by Gasteiger charge is 2.25. The molecule has 0 unspecified atom stereocenters. The number of aromatic nitrogens is 1. The number of likely N-dealkylation sites (tertiary alicyclic amines) is 1. The van der Waals surface area contributed by atoms with E-state index in [0.29, 0.717) is 24.5 Å². The van der Waals surface area contributed by atoms with E-state index in [1.165, 1.54) is 17.5 Å². The van der Waals surface area contributed by atoms with Crippen molar-refractivity contribution in [2.45, 2.75) is 25.9 Å². The lowest BCUT2D eigenvalue weighted by molar-refractivity contribution is 0.0592. The van der Waals surface area contributed by atoms with Gasteiger partial charge in [-0.1, -0.05) is 0 Å². The van der Waals surface area contributed by atoms with E-state index in [1.54, 1.807) is 12.1 Å². The van der Waals surface area contributed by atoms with Crippen LogP contribution in [0.5, 0.6) is 5.88 Å². The summed E-state index contributed by atoms with van der Waals surface area (Å²) in [5, 5.41) is 0. The third kappa shape index (κ3) is 3.73. The summed E-state index contributed by atoms with van der Waals surface area (Å²) < 4.78 is 5.83. The topological polar surface area (TPSA) is 85.5 Å². The molecule has 0 saturated carbocycles. The summed E-state index contributed by atoms with van der Waals surface area (Å²) in [6, 6.07) is 7.10. The SMILES string of the molecule is Cc1ccc(C(=O)N2CCC(Oc3ccc(C(N)=O)cn3)CC2)s1. The Kier molecular flexibility index (Phi) is 4.80. The monoisotopic (exact) mass is 345 g/mol. The molecule has 0 aliphatic carbocycles. The number of nitrogens with zero attached hydrogens (tertiary/aromatic N) is 2. The zero-order valence-corrected chi connectivity index (χ0v) is 14.2. The molecule has 1 saturated heterocycles. The molecule has 2 N–H and O–H groups in total. The Balaban J connectivity index is 1.53. The number of nitrogens with two attached hydrogens (primary N) is 1. The van der Waals surface area contributed by atoms with Crippen molar-refractivity contribution in [1.29, 1.82) is 0 Å². The van der Waals surface area contributed by atoms with Crippen LogP contribution in [0.15, 0.2) is 30.5 Å². The number of amides is 2. The number of carbonyl (C=O) groups is 2. The first-order valence-corrected chi connectivity index (χ1v) is 8.63. The van der Waals surface area contributed by atoms with Crippen molar-refractivity contribution in [2.24, 2.45) is 5.73 Å². The van der Waals surface area contributed by atoms with Crippen molar-refractivity contribution in [2.75, 3.05) is 13.1 Å². The minimum absolute atomic E-state index is 0.0195. The minimum atomic E-state index is -0.510. The van der Waals surface area contributed by atoms with Gasteiger partial charge in [-0.15, -0.1) is 11.3 Å². The first-order chi connectivity index (χ1) is 11.5. The van der Waals surface area contributed by atoms with Crippen LogP contribution in [0.3, 0.4) is 0 Å². The molecule has 1 fully saturated rings. The van der Waals surface area contributed by atoms with Crippen molar-refractivity contribution in [1.82, 2.24) is 9.88 Å². The standard InChI is InChI=1S/C17H19N3O3S/c1-11-2-4-14(24-11)17(22)20-8-6-13(7-9-20)23-15-5-3-12(10-19-15)16(18)21/h2-5,10,13H,6-9H2,1H3,(H2,18,21). The molecule has 126 valence electrons. The molecule has 0 bridgehead atoms. The van der Waals surface area contributed by atoms with E-state index in [2.05, 4.69) is 4.98 Å². The van der Waals surface area contributed by atoms with Gasteiger partial charge in [0, 0.05) is 43.1 Å². The van der Waals surface area contributed by atoms with Crippen LogP contribution in [0.2, 0.25) is 0 Å². The van der Waals surface area contributed by atoms with Crippen molar-refractivity contribution in [3.8, 4) is 5.88 Å². The van der Waals surface area contributed by atoms with Gasteiger partial charge in [0.05, 0.1) is 10.4 Å². The number of piperidine rings is 1. The zero-order chi connectivity index (χ0) is 17.1. The molecule has 2 aromatic rings. The molecule has 6 nitrogen and oxygen atoms in total. The Morgan fingerprint density at radius 3 is 2.54 bits per heavy atom. The fourth-order valence-electron chi connectivity index (χ4n) is 2.65. The molecule has 0 radical (unpaired) electrons. The average Bonchev–Trinajstić information content (AvgIpc) is 3.02. The summed E-state index contributed by atoms with van der Waals surface area (Å²) in [7, 11) is 0. The Bertz CT molecular complexity index is 734. The highest BCUT2D eigenvalue weighted by atomic mass is 32.1. The van der Waals surface area contributed by atoms with Gasteiger partial charge in [-0.3, -0.25) is 9.59 Å². The number of ether oxygens (including phenoxy) is 1. The van der Waals surface area contributed by atoms with E-state index < -0.39 is 5.91 Å². The van der Waals surface area contributed by atoms with Crippen LogP contribution < -0.4 is 10.5 Å². The van der Waals surface area contributed by atoms with Crippen LogP contribution in [-0.2, 0) is 0 Å². The van der Waals surface area contributed by atoms with Crippen LogP contribution in [0.4, 0.5) is 0 Å². The predicted octanol–water partition coefficient (Wildman–Crippen LogP) is 2.23. The van der Waals surface area contributed by atoms with Crippen LogP contribution in [0, 0.1) is 6.92 Å². The molecule has 0 aromatic carbocycles. The second kappa shape index (κ2) is 7.00. The van der Waals surface area contributed by atoms with Gasteiger partial charge in [0.15, 0.2) is 0 Å². The zero-order valence-electron chi connectivity index (χ0n) is 13.4. The Morgan fingerprint density at radius 2 is 2.00 bits per heavy atom. The summed E-state index contributed by atoms with van der Waals surface area (Å²) in [5.41, 5.74) is 5.54. The van der Waals surface area contributed by atoms with Crippen molar-refractivity contribution in [3.63, 3.8) is 0 Å². The summed E-state index contributed by atoms with van der Waals surface area (Å²) in [6.07, 6.45) is 2.95. The van der Waals surface area contributed by atoms with Gasteiger partial charge >= 0.3 is 0 Å². The molecule has 2 aromatic heterocycles. The summed E-state index contributed by atoms with van der Waals surface area (Å²) in [6.45, 7) is 3.33. The van der Waals surface area contributed by atoms with Gasteiger partial charge in [-0.05, 0) is 25.1 Å². The van der Waals surface area contributed by atoms with Crippen LogP contribution >= 0.6 is 11.3 Å². The molecule has 1 aliphatic rings. The van der Waals surface area contributed by atoms with Crippen LogP contribution in [0.1, 0.15) is 37.7 Å². The van der Waals surface area contributed by atoms with Crippen LogP contribution in [-0.4, -0.2) is 40.9 Å². The van der Waals surface area contributed by atoms with Crippen molar-refractivity contribution < 1.29 is 14.3 Å². The third-order valence-corrected chi connectivity index (χ3v) is 4.98. The maximum atomic E-state index is 12.4. The lowest BCUT2D eigenvalue weighted by Gasteiger charge is -2.31. The number of hydrogen-bond acceptors (Lipinski definition) is 5. The Morgan fingerprint density at radius 1 is 1.25 bits per heavy atom. The van der Waals surface area contributed by atoms with Crippen LogP contribution in [0.25, 0.3) is 0 Å². The van der Waals surface area contributed by atoms with E-state index in [0.717, 1.165) is 22.6 Å². The maximum absolute atomic E-state index is 12.4. The second-order valence-electron chi connectivity index (χ2n) is 5.77. The molecule has 24 heavy (non-hydrogen) atoms. The van der Waals surface area contributed by atoms with E-state index in [4.69, 9.17) is 10.5 Å². The van der Waals surface area contributed by atoms with Gasteiger partial charge in [-0.25, -0.2) is 4.98 Å². The van der Waals surface area contributed by atoms with E-state index in [9.17, 15) is 9.59 Å². The Hall–Kier alpha value is -2.41. The number of rotatable bonds is 4. The van der Waals surface area contributed by atoms with E-state index in [1.807, 2.05) is 24.0 Å². The molecule has 1 aliphatic heterocycles. The van der Waals surface area contributed by atoms with Gasteiger partial charge in [0.25, 0.3) is 5.91 Å². The third-order valence-electron chi connectivity index (χ3n) is 3.99. The quantitative estimate of drug-likeness (QED) is 0.921. The summed E-state index contributed by atoms with van der Waals surface area (Å²) in [4.78, 5) is 31.3. The minimum Gasteiger partial charge on any atom is -0.474 e. The molecule has 0 atom stereocenters. The van der Waals surface area contributed by atoms with Gasteiger partial charge in [-0.2, -0.15) is 0 Å². The number of thiophene rings is 1. The summed E-state index contributed by atoms with van der Waals surface area (Å²) in [5.74, 6) is 0.0545. The predicted molar refractivity (Wildman–Crippen MR) is 91.4 cm³/mol. The highest BCUT2D eigenvalue weighted by molar-refractivity contribution is 7.13. The number of aryl methyl sites for hydroxylation is 1. The molecule has 3 heterocycles. The fraction of sp³-hybridized carbons (Fsp3) is 0.353. The summed E-state index contributed by atoms with van der Waals surface area (Å²) >= 11 is 1.53. The molecule has 0 spiro atoms.